The number of para-hydroxylation sites is 2. The van der Waals surface area contributed by atoms with Crippen molar-refractivity contribution >= 4 is 5.97 Å². The van der Waals surface area contributed by atoms with Crippen LogP contribution in [0.4, 0.5) is 0 Å². The van der Waals surface area contributed by atoms with E-state index in [0.29, 0.717) is 11.5 Å². The molecule has 2 aromatic carbocycles. The summed E-state index contributed by atoms with van der Waals surface area (Å²) in [5.74, 6) is 0.0754. The molecule has 0 saturated heterocycles. The van der Waals surface area contributed by atoms with Crippen LogP contribution in [0.2, 0.25) is 0 Å². The van der Waals surface area contributed by atoms with Gasteiger partial charge in [0.2, 0.25) is 0 Å². The lowest BCUT2D eigenvalue weighted by atomic mass is 10.3. The molecule has 6 heteroatoms. The molecular weight excluding hydrogens is 300 g/mol. The highest BCUT2D eigenvalue weighted by molar-refractivity contribution is 5.74. The number of hydrogen-bond acceptors (Lipinski definition) is 6. The summed E-state index contributed by atoms with van der Waals surface area (Å²) in [6, 6.07) is 17.4. The second-order valence-corrected chi connectivity index (χ2v) is 4.66. The first kappa shape index (κ1) is 16.8. The van der Waals surface area contributed by atoms with E-state index in [2.05, 4.69) is 0 Å². The van der Waals surface area contributed by atoms with Crippen LogP contribution in [-0.2, 0) is 9.53 Å². The number of rotatable bonds is 8. The van der Waals surface area contributed by atoms with Gasteiger partial charge in [0.25, 0.3) is 0 Å². The minimum Gasteiger partial charge on any atom is -0.457 e. The van der Waals surface area contributed by atoms with Crippen molar-refractivity contribution in [3.63, 3.8) is 0 Å². The molecule has 2 N–H and O–H groups in total. The summed E-state index contributed by atoms with van der Waals surface area (Å²) < 4.78 is 15.9. The summed E-state index contributed by atoms with van der Waals surface area (Å²) in [6.07, 6.45) is -2.47. The molecule has 6 nitrogen and oxygen atoms in total. The second-order valence-electron chi connectivity index (χ2n) is 4.66. The van der Waals surface area contributed by atoms with E-state index in [-0.39, 0.29) is 6.61 Å². The van der Waals surface area contributed by atoms with E-state index in [0.717, 1.165) is 0 Å². The summed E-state index contributed by atoms with van der Waals surface area (Å²) in [5, 5.41) is 18.0. The lowest BCUT2D eigenvalue weighted by Crippen LogP contribution is -2.37. The summed E-state index contributed by atoms with van der Waals surface area (Å²) in [5.41, 5.74) is 0. The maximum atomic E-state index is 12.1. The highest BCUT2D eigenvalue weighted by atomic mass is 16.7. The molecule has 0 radical (unpaired) electrons. The van der Waals surface area contributed by atoms with E-state index in [4.69, 9.17) is 19.3 Å². The van der Waals surface area contributed by atoms with Crippen molar-refractivity contribution < 1.29 is 29.2 Å². The van der Waals surface area contributed by atoms with Crippen molar-refractivity contribution in [3.8, 4) is 11.5 Å². The number of aliphatic hydroxyl groups is 2. The molecule has 0 aromatic heterocycles. The highest BCUT2D eigenvalue weighted by Crippen LogP contribution is 2.16. The monoisotopic (exact) mass is 318 g/mol. The Kier molecular flexibility index (Phi) is 6.40. The molecule has 0 aliphatic carbocycles. The zero-order chi connectivity index (χ0) is 16.5. The Balaban J connectivity index is 2.05. The average Bonchev–Trinajstić information content (AvgIpc) is 2.60. The first-order valence-electron chi connectivity index (χ1n) is 7.08. The molecule has 122 valence electrons. The van der Waals surface area contributed by atoms with Gasteiger partial charge in [-0.25, -0.2) is 4.79 Å². The van der Waals surface area contributed by atoms with Crippen LogP contribution in [0.25, 0.3) is 0 Å². The highest BCUT2D eigenvalue weighted by Gasteiger charge is 2.25. The van der Waals surface area contributed by atoms with Crippen LogP contribution in [0.3, 0.4) is 0 Å². The fraction of sp³-hybridized carbons (Fsp3) is 0.235. The Bertz CT molecular complexity index is 545. The zero-order valence-corrected chi connectivity index (χ0v) is 12.4. The molecule has 0 spiro atoms. The van der Waals surface area contributed by atoms with Gasteiger partial charge in [0.05, 0.1) is 6.61 Å². The fourth-order valence-electron chi connectivity index (χ4n) is 1.66. The maximum Gasteiger partial charge on any atom is 0.389 e. The molecule has 1 atom stereocenters. The molecule has 0 fully saturated rings. The average molecular weight is 318 g/mol. The van der Waals surface area contributed by atoms with Crippen molar-refractivity contribution in [2.75, 3.05) is 13.2 Å². The standard InChI is InChI=1S/C17H18O6/c18-11-13(19)12-21-16(20)17(22-14-7-3-1-4-8-14)23-15-9-5-2-6-10-15/h1-10,13,17-19H,11-12H2. The number of carbonyl (C=O) groups is 1. The van der Waals surface area contributed by atoms with Gasteiger partial charge in [0, 0.05) is 0 Å². The lowest BCUT2D eigenvalue weighted by molar-refractivity contribution is -0.169. The van der Waals surface area contributed by atoms with Crippen LogP contribution < -0.4 is 9.47 Å². The molecule has 0 saturated carbocycles. The van der Waals surface area contributed by atoms with E-state index >= 15 is 0 Å². The Labute approximate surface area is 133 Å². The first-order valence-corrected chi connectivity index (χ1v) is 7.08. The van der Waals surface area contributed by atoms with Gasteiger partial charge >= 0.3 is 12.3 Å². The number of aliphatic hydroxyl groups excluding tert-OH is 2. The van der Waals surface area contributed by atoms with E-state index in [1.165, 1.54) is 0 Å². The van der Waals surface area contributed by atoms with Gasteiger partial charge in [0.15, 0.2) is 0 Å². The SMILES string of the molecule is O=C(OCC(O)CO)C(Oc1ccccc1)Oc1ccccc1. The van der Waals surface area contributed by atoms with Crippen LogP contribution in [0.5, 0.6) is 11.5 Å². The van der Waals surface area contributed by atoms with Gasteiger partial charge < -0.3 is 24.4 Å². The van der Waals surface area contributed by atoms with Crippen molar-refractivity contribution in [1.82, 2.24) is 0 Å². The van der Waals surface area contributed by atoms with E-state index in [1.54, 1.807) is 48.5 Å². The molecular formula is C17H18O6. The van der Waals surface area contributed by atoms with Gasteiger partial charge in [-0.1, -0.05) is 36.4 Å². The Morgan fingerprint density at radius 3 is 1.83 bits per heavy atom. The van der Waals surface area contributed by atoms with Crippen LogP contribution in [0.15, 0.2) is 60.7 Å². The molecule has 0 amide bonds. The smallest absolute Gasteiger partial charge is 0.389 e. The molecule has 1 unspecified atom stereocenters. The van der Waals surface area contributed by atoms with Crippen LogP contribution >= 0.6 is 0 Å². The summed E-state index contributed by atoms with van der Waals surface area (Å²) >= 11 is 0. The first-order chi connectivity index (χ1) is 11.2. The van der Waals surface area contributed by atoms with Crippen molar-refractivity contribution in [3.05, 3.63) is 60.7 Å². The molecule has 0 heterocycles. The predicted octanol–water partition coefficient (Wildman–Crippen LogP) is 1.37. The van der Waals surface area contributed by atoms with Gasteiger partial charge in [0.1, 0.15) is 24.2 Å². The lowest BCUT2D eigenvalue weighted by Gasteiger charge is -2.19. The van der Waals surface area contributed by atoms with Crippen LogP contribution in [0, 0.1) is 0 Å². The Morgan fingerprint density at radius 1 is 0.913 bits per heavy atom. The second kappa shape index (κ2) is 8.77. The zero-order valence-electron chi connectivity index (χ0n) is 12.4. The normalized spacial score (nSPS) is 11.8. The molecule has 0 aliphatic rings. The van der Waals surface area contributed by atoms with Gasteiger partial charge in [-0.15, -0.1) is 0 Å². The number of carbonyl (C=O) groups excluding carboxylic acids is 1. The third kappa shape index (κ3) is 5.61. The van der Waals surface area contributed by atoms with Crippen molar-refractivity contribution in [1.29, 1.82) is 0 Å². The van der Waals surface area contributed by atoms with E-state index in [1.807, 2.05) is 12.1 Å². The minimum atomic E-state index is -1.33. The Hall–Kier alpha value is -2.57. The summed E-state index contributed by atoms with van der Waals surface area (Å²) in [6.45, 7) is -0.848. The van der Waals surface area contributed by atoms with Crippen molar-refractivity contribution in [2.45, 2.75) is 12.4 Å². The molecule has 2 aromatic rings. The topological polar surface area (TPSA) is 85.2 Å². The minimum absolute atomic E-state index is 0.345. The number of benzene rings is 2. The third-order valence-corrected chi connectivity index (χ3v) is 2.79. The predicted molar refractivity (Wildman–Crippen MR) is 82.0 cm³/mol. The molecule has 0 bridgehead atoms. The Morgan fingerprint density at radius 2 is 1.39 bits per heavy atom. The number of esters is 1. The van der Waals surface area contributed by atoms with Gasteiger partial charge in [-0.3, -0.25) is 0 Å². The largest absolute Gasteiger partial charge is 0.457 e. The third-order valence-electron chi connectivity index (χ3n) is 2.79. The van der Waals surface area contributed by atoms with E-state index < -0.39 is 25.0 Å². The number of ether oxygens (including phenoxy) is 3. The molecule has 23 heavy (non-hydrogen) atoms. The quantitative estimate of drug-likeness (QED) is 0.565. The summed E-state index contributed by atoms with van der Waals surface area (Å²) in [7, 11) is 0. The fourth-order valence-corrected chi connectivity index (χ4v) is 1.66. The van der Waals surface area contributed by atoms with Crippen LogP contribution in [0.1, 0.15) is 0 Å². The van der Waals surface area contributed by atoms with Crippen LogP contribution in [-0.4, -0.2) is 41.8 Å². The molecule has 0 aliphatic heterocycles. The maximum absolute atomic E-state index is 12.1. The van der Waals surface area contributed by atoms with Gasteiger partial charge in [-0.05, 0) is 24.3 Å². The van der Waals surface area contributed by atoms with Gasteiger partial charge in [-0.2, -0.15) is 0 Å². The number of hydrogen-bond donors (Lipinski definition) is 2. The molecule has 2 rings (SSSR count). The van der Waals surface area contributed by atoms with E-state index in [9.17, 15) is 9.90 Å². The summed E-state index contributed by atoms with van der Waals surface area (Å²) in [4.78, 5) is 12.1. The van der Waals surface area contributed by atoms with Crippen molar-refractivity contribution in [2.24, 2.45) is 0 Å².